The Morgan fingerprint density at radius 1 is 1.03 bits per heavy atom. The van der Waals surface area contributed by atoms with Crippen molar-refractivity contribution in [3.05, 3.63) is 58.2 Å². The molecule has 0 aliphatic rings. The second kappa shape index (κ2) is 7.97. The van der Waals surface area contributed by atoms with E-state index in [1.165, 1.54) is 0 Å². The van der Waals surface area contributed by atoms with Crippen LogP contribution >= 0.6 is 0 Å². The zero-order valence-corrected chi connectivity index (χ0v) is 14.3. The molecule has 2 N–H and O–H groups in total. The summed E-state index contributed by atoms with van der Waals surface area (Å²) in [6, 6.07) is 3.01. The molecular weight excluding hydrogens is 415 g/mol. The summed E-state index contributed by atoms with van der Waals surface area (Å²) >= 11 is 0. The number of aromatic carboxylic acids is 1. The van der Waals surface area contributed by atoms with Crippen LogP contribution in [0.5, 0.6) is 5.75 Å². The predicted molar refractivity (Wildman–Crippen MR) is 83.3 cm³/mol. The van der Waals surface area contributed by atoms with Gasteiger partial charge in [0, 0.05) is 24.7 Å². The molecule has 0 aliphatic carbocycles. The number of hydrogen-bond donors (Lipinski definition) is 2. The van der Waals surface area contributed by atoms with E-state index in [1.54, 1.807) is 0 Å². The van der Waals surface area contributed by atoms with E-state index in [0.717, 1.165) is 25.1 Å². The lowest BCUT2D eigenvalue weighted by atomic mass is 10.1. The molecule has 0 heterocycles. The maximum atomic E-state index is 13.9. The van der Waals surface area contributed by atoms with Crippen molar-refractivity contribution >= 4 is 17.6 Å². The molecule has 0 amide bonds. The minimum atomic E-state index is -5.66. The molecule has 0 radical (unpaired) electrons. The van der Waals surface area contributed by atoms with Crippen LogP contribution in [0.4, 0.5) is 36.4 Å². The molecule has 0 saturated carbocycles. The molecule has 0 bridgehead atoms. The van der Waals surface area contributed by atoms with Crippen molar-refractivity contribution in [1.29, 1.82) is 0 Å². The fourth-order valence-electron chi connectivity index (χ4n) is 2.32. The van der Waals surface area contributed by atoms with Crippen LogP contribution in [0.25, 0.3) is 0 Å². The Balaban J connectivity index is 2.39. The minimum Gasteiger partial charge on any atom is -0.478 e. The van der Waals surface area contributed by atoms with E-state index in [1.807, 2.05) is 0 Å². The Labute approximate surface area is 157 Å². The molecule has 12 heteroatoms. The van der Waals surface area contributed by atoms with Crippen LogP contribution in [0.1, 0.15) is 28.4 Å². The third-order valence-corrected chi connectivity index (χ3v) is 3.57. The molecule has 0 unspecified atom stereocenters. The summed E-state index contributed by atoms with van der Waals surface area (Å²) in [5.41, 5.74) is -4.74. The first-order valence-electron chi connectivity index (χ1n) is 7.56. The highest BCUT2D eigenvalue weighted by Crippen LogP contribution is 2.37. The van der Waals surface area contributed by atoms with E-state index in [9.17, 15) is 40.3 Å². The van der Waals surface area contributed by atoms with Gasteiger partial charge in [0.05, 0.1) is 0 Å². The number of rotatable bonds is 5. The van der Waals surface area contributed by atoms with Crippen molar-refractivity contribution in [2.24, 2.45) is 0 Å². The van der Waals surface area contributed by atoms with E-state index >= 15 is 0 Å². The predicted octanol–water partition coefficient (Wildman–Crippen LogP) is 4.50. The van der Waals surface area contributed by atoms with Gasteiger partial charge < -0.3 is 15.2 Å². The van der Waals surface area contributed by atoms with Gasteiger partial charge in [-0.15, -0.1) is 0 Å². The average molecular weight is 425 g/mol. The van der Waals surface area contributed by atoms with Gasteiger partial charge in [-0.25, -0.2) is 22.4 Å². The number of carboxylic acid groups (broad SMARTS) is 1. The van der Waals surface area contributed by atoms with E-state index in [4.69, 9.17) is 5.11 Å². The number of benzene rings is 2. The van der Waals surface area contributed by atoms with Crippen LogP contribution in [0.2, 0.25) is 0 Å². The van der Waals surface area contributed by atoms with Gasteiger partial charge in [0.15, 0.2) is 23.3 Å². The van der Waals surface area contributed by atoms with Crippen LogP contribution in [0.15, 0.2) is 18.2 Å². The summed E-state index contributed by atoms with van der Waals surface area (Å²) in [5, 5.41) is 11.3. The molecule has 5 nitrogen and oxygen atoms in total. The molecule has 0 aromatic heterocycles. The van der Waals surface area contributed by atoms with Gasteiger partial charge in [-0.2, -0.15) is 13.2 Å². The van der Waals surface area contributed by atoms with Gasteiger partial charge in [-0.05, 0) is 18.2 Å². The van der Waals surface area contributed by atoms with Gasteiger partial charge >= 0.3 is 18.1 Å². The number of alkyl halides is 3. The maximum Gasteiger partial charge on any atom is 0.422 e. The van der Waals surface area contributed by atoms with Gasteiger partial charge in [-0.3, -0.25) is 4.79 Å². The standard InChI is InChI=1S/C17H10F7NO4/c1-6(26)29-10-3-2-7(4-8(10)16(27)28)25-5-9-12(18)14(20)11(17(22,23)24)15(21)13(9)19/h2-4,25H,5H2,1H3,(H,27,28). The molecule has 0 fully saturated rings. The Hall–Kier alpha value is -3.31. The third kappa shape index (κ3) is 4.58. The van der Waals surface area contributed by atoms with Gasteiger partial charge in [0.2, 0.25) is 0 Å². The molecule has 2 aromatic carbocycles. The lowest BCUT2D eigenvalue weighted by Crippen LogP contribution is -2.18. The van der Waals surface area contributed by atoms with Gasteiger partial charge in [-0.1, -0.05) is 0 Å². The minimum absolute atomic E-state index is 0.141. The SMILES string of the molecule is CC(=O)Oc1ccc(NCc2c(F)c(F)c(C(F)(F)F)c(F)c2F)cc1C(=O)O. The highest BCUT2D eigenvalue weighted by Gasteiger charge is 2.42. The Morgan fingerprint density at radius 2 is 1.59 bits per heavy atom. The van der Waals surface area contributed by atoms with E-state index in [0.29, 0.717) is 0 Å². The van der Waals surface area contributed by atoms with Crippen LogP contribution in [0.3, 0.4) is 0 Å². The summed E-state index contributed by atoms with van der Waals surface area (Å²) < 4.78 is 97.4. The van der Waals surface area contributed by atoms with E-state index in [2.05, 4.69) is 10.1 Å². The van der Waals surface area contributed by atoms with Crippen LogP contribution in [0, 0.1) is 23.3 Å². The topological polar surface area (TPSA) is 75.6 Å². The lowest BCUT2D eigenvalue weighted by Gasteiger charge is -2.15. The number of carboxylic acids is 1. The zero-order valence-electron chi connectivity index (χ0n) is 14.3. The van der Waals surface area contributed by atoms with Crippen LogP contribution < -0.4 is 10.1 Å². The molecule has 0 atom stereocenters. The number of ether oxygens (including phenoxy) is 1. The second-order valence-electron chi connectivity index (χ2n) is 5.57. The summed E-state index contributed by atoms with van der Waals surface area (Å²) in [4.78, 5) is 22.2. The van der Waals surface area contributed by atoms with Gasteiger partial charge in [0.1, 0.15) is 16.9 Å². The van der Waals surface area contributed by atoms with E-state index < -0.39 is 64.6 Å². The summed E-state index contributed by atoms with van der Waals surface area (Å²) in [6.07, 6.45) is -5.66. The monoisotopic (exact) mass is 425 g/mol. The first kappa shape index (κ1) is 22.0. The number of anilines is 1. The van der Waals surface area contributed by atoms with Crippen molar-refractivity contribution in [2.45, 2.75) is 19.6 Å². The number of esters is 1. The smallest absolute Gasteiger partial charge is 0.422 e. The molecular formula is C17H10F7NO4. The Morgan fingerprint density at radius 3 is 2.03 bits per heavy atom. The van der Waals surface area contributed by atoms with Gasteiger partial charge in [0.25, 0.3) is 0 Å². The molecule has 29 heavy (non-hydrogen) atoms. The fourth-order valence-corrected chi connectivity index (χ4v) is 2.32. The number of carbonyl (C=O) groups is 2. The molecule has 156 valence electrons. The van der Waals surface area contributed by atoms with E-state index in [-0.39, 0.29) is 11.4 Å². The summed E-state index contributed by atoms with van der Waals surface area (Å²) in [5.74, 6) is -12.4. The fraction of sp³-hybridized carbons (Fsp3) is 0.176. The summed E-state index contributed by atoms with van der Waals surface area (Å²) in [6.45, 7) is -0.00728. The average Bonchev–Trinajstić information content (AvgIpc) is 2.59. The normalized spacial score (nSPS) is 11.3. The first-order chi connectivity index (χ1) is 13.3. The molecule has 2 aromatic rings. The van der Waals surface area contributed by atoms with Crippen molar-refractivity contribution in [2.75, 3.05) is 5.32 Å². The number of halogens is 7. The summed E-state index contributed by atoms with van der Waals surface area (Å²) in [7, 11) is 0. The maximum absolute atomic E-state index is 13.9. The molecule has 0 spiro atoms. The van der Waals surface area contributed by atoms with Crippen molar-refractivity contribution in [3.8, 4) is 5.75 Å². The number of nitrogens with one attached hydrogen (secondary N) is 1. The Bertz CT molecular complexity index is 960. The zero-order chi connectivity index (χ0) is 22.1. The van der Waals surface area contributed by atoms with Crippen molar-refractivity contribution in [1.82, 2.24) is 0 Å². The molecule has 0 saturated heterocycles. The third-order valence-electron chi connectivity index (χ3n) is 3.57. The quantitative estimate of drug-likeness (QED) is 0.320. The lowest BCUT2D eigenvalue weighted by molar-refractivity contribution is -0.143. The van der Waals surface area contributed by atoms with Crippen LogP contribution in [-0.4, -0.2) is 17.0 Å². The van der Waals surface area contributed by atoms with Crippen molar-refractivity contribution < 1.29 is 50.2 Å². The van der Waals surface area contributed by atoms with Crippen molar-refractivity contribution in [3.63, 3.8) is 0 Å². The highest BCUT2D eigenvalue weighted by atomic mass is 19.4. The second-order valence-corrected chi connectivity index (χ2v) is 5.57. The Kier molecular flexibility index (Phi) is 6.04. The largest absolute Gasteiger partial charge is 0.478 e. The first-order valence-corrected chi connectivity index (χ1v) is 7.56. The molecule has 0 aliphatic heterocycles. The number of hydrogen-bond acceptors (Lipinski definition) is 4. The highest BCUT2D eigenvalue weighted by molar-refractivity contribution is 5.93. The number of carbonyl (C=O) groups excluding carboxylic acids is 1. The molecule has 2 rings (SSSR count). The van der Waals surface area contributed by atoms with Crippen LogP contribution in [-0.2, 0) is 17.5 Å².